The fourth-order valence-corrected chi connectivity index (χ4v) is 3.34. The van der Waals surface area contributed by atoms with Crippen molar-refractivity contribution in [2.45, 2.75) is 33.2 Å². The van der Waals surface area contributed by atoms with Crippen LogP contribution in [-0.2, 0) is 6.54 Å². The lowest BCUT2D eigenvalue weighted by molar-refractivity contribution is 0.268. The SMILES string of the molecule is Cc1n[nH]c(C)c1CN1CCC2(CCNC2)C1. The van der Waals surface area contributed by atoms with E-state index in [1.54, 1.807) is 0 Å². The summed E-state index contributed by atoms with van der Waals surface area (Å²) in [6.45, 7) is 10.2. The highest BCUT2D eigenvalue weighted by atomic mass is 15.2. The van der Waals surface area contributed by atoms with Crippen molar-refractivity contribution in [3.05, 3.63) is 17.0 Å². The number of nitrogens with zero attached hydrogens (tertiary/aromatic N) is 2. The molecule has 2 N–H and O–H groups in total. The molecule has 1 aromatic heterocycles. The van der Waals surface area contributed by atoms with Gasteiger partial charge in [0, 0.05) is 30.9 Å². The number of hydrogen-bond donors (Lipinski definition) is 2. The Kier molecular flexibility index (Phi) is 2.71. The third-order valence-corrected chi connectivity index (χ3v) is 4.51. The number of aromatic amines is 1. The van der Waals surface area contributed by atoms with Gasteiger partial charge in [-0.2, -0.15) is 5.10 Å². The molecular weight excluding hydrogens is 212 g/mol. The molecular formula is C13H22N4. The maximum Gasteiger partial charge on any atom is 0.0639 e. The summed E-state index contributed by atoms with van der Waals surface area (Å²) in [6.07, 6.45) is 2.71. The van der Waals surface area contributed by atoms with Crippen LogP contribution < -0.4 is 5.32 Å². The van der Waals surface area contributed by atoms with E-state index in [0.717, 1.165) is 12.2 Å². The Morgan fingerprint density at radius 3 is 2.88 bits per heavy atom. The van der Waals surface area contributed by atoms with Gasteiger partial charge in [0.05, 0.1) is 5.69 Å². The van der Waals surface area contributed by atoms with Crippen LogP contribution in [0.2, 0.25) is 0 Å². The smallest absolute Gasteiger partial charge is 0.0639 e. The van der Waals surface area contributed by atoms with Crippen LogP contribution in [0.15, 0.2) is 0 Å². The van der Waals surface area contributed by atoms with Crippen LogP contribution in [0.5, 0.6) is 0 Å². The first-order valence-electron chi connectivity index (χ1n) is 6.62. The molecule has 4 heteroatoms. The van der Waals surface area contributed by atoms with Gasteiger partial charge in [-0.3, -0.25) is 10.00 Å². The zero-order valence-electron chi connectivity index (χ0n) is 10.8. The van der Waals surface area contributed by atoms with Gasteiger partial charge in [-0.1, -0.05) is 0 Å². The van der Waals surface area contributed by atoms with Crippen molar-refractivity contribution >= 4 is 0 Å². The Balaban J connectivity index is 1.68. The highest BCUT2D eigenvalue weighted by Crippen LogP contribution is 2.36. The molecule has 94 valence electrons. The minimum absolute atomic E-state index is 0.575. The van der Waals surface area contributed by atoms with Gasteiger partial charge < -0.3 is 5.32 Å². The van der Waals surface area contributed by atoms with Crippen molar-refractivity contribution < 1.29 is 0 Å². The molecule has 3 rings (SSSR count). The van der Waals surface area contributed by atoms with Crippen LogP contribution in [0.4, 0.5) is 0 Å². The van der Waals surface area contributed by atoms with Crippen molar-refractivity contribution in [2.75, 3.05) is 26.2 Å². The molecule has 17 heavy (non-hydrogen) atoms. The molecule has 0 aromatic carbocycles. The van der Waals surface area contributed by atoms with Crippen molar-refractivity contribution in [3.63, 3.8) is 0 Å². The fraction of sp³-hybridized carbons (Fsp3) is 0.769. The molecule has 0 radical (unpaired) electrons. The Bertz CT molecular complexity index is 384. The molecule has 1 spiro atoms. The molecule has 2 fully saturated rings. The van der Waals surface area contributed by atoms with Gasteiger partial charge in [-0.05, 0) is 45.2 Å². The van der Waals surface area contributed by atoms with E-state index in [-0.39, 0.29) is 0 Å². The number of H-pyrrole nitrogens is 1. The van der Waals surface area contributed by atoms with Crippen LogP contribution in [0, 0.1) is 19.3 Å². The first-order chi connectivity index (χ1) is 8.19. The van der Waals surface area contributed by atoms with E-state index in [0.29, 0.717) is 5.41 Å². The highest BCUT2D eigenvalue weighted by Gasteiger charge is 2.40. The first-order valence-corrected chi connectivity index (χ1v) is 6.62. The molecule has 4 nitrogen and oxygen atoms in total. The molecule has 0 aliphatic carbocycles. The number of aromatic nitrogens is 2. The van der Waals surface area contributed by atoms with Crippen LogP contribution in [-0.4, -0.2) is 41.3 Å². The predicted molar refractivity (Wildman–Crippen MR) is 67.9 cm³/mol. The third-order valence-electron chi connectivity index (χ3n) is 4.51. The Morgan fingerprint density at radius 1 is 1.35 bits per heavy atom. The molecule has 2 aliphatic heterocycles. The molecule has 3 heterocycles. The second-order valence-electron chi connectivity index (χ2n) is 5.80. The van der Waals surface area contributed by atoms with E-state index < -0.39 is 0 Å². The highest BCUT2D eigenvalue weighted by molar-refractivity contribution is 5.23. The summed E-state index contributed by atoms with van der Waals surface area (Å²) >= 11 is 0. The Labute approximate surface area is 103 Å². The number of nitrogens with one attached hydrogen (secondary N) is 2. The average molecular weight is 234 g/mol. The molecule has 1 unspecified atom stereocenters. The first kappa shape index (κ1) is 11.2. The standard InChI is InChI=1S/C13H22N4/c1-10-12(11(2)16-15-10)7-17-6-4-13(9-17)3-5-14-8-13/h14H,3-9H2,1-2H3,(H,15,16). The molecule has 1 atom stereocenters. The van der Waals surface area contributed by atoms with Crippen LogP contribution in [0.1, 0.15) is 29.8 Å². The lowest BCUT2D eigenvalue weighted by Crippen LogP contribution is -2.29. The number of likely N-dealkylation sites (tertiary alicyclic amines) is 1. The van der Waals surface area contributed by atoms with E-state index in [1.807, 2.05) is 0 Å². The number of hydrogen-bond acceptors (Lipinski definition) is 3. The number of aryl methyl sites for hydroxylation is 2. The van der Waals surface area contributed by atoms with Crippen molar-refractivity contribution in [3.8, 4) is 0 Å². The normalized spacial score (nSPS) is 29.5. The summed E-state index contributed by atoms with van der Waals surface area (Å²) in [5.41, 5.74) is 4.36. The predicted octanol–water partition coefficient (Wildman–Crippen LogP) is 1.21. The maximum atomic E-state index is 4.28. The topological polar surface area (TPSA) is 44.0 Å². The summed E-state index contributed by atoms with van der Waals surface area (Å²) in [4.78, 5) is 2.60. The van der Waals surface area contributed by atoms with E-state index in [1.165, 1.54) is 50.3 Å². The summed E-state index contributed by atoms with van der Waals surface area (Å²) in [7, 11) is 0. The van der Waals surface area contributed by atoms with Crippen LogP contribution in [0.3, 0.4) is 0 Å². The lowest BCUT2D eigenvalue weighted by Gasteiger charge is -2.22. The van der Waals surface area contributed by atoms with Crippen molar-refractivity contribution in [2.24, 2.45) is 5.41 Å². The van der Waals surface area contributed by atoms with Crippen molar-refractivity contribution in [1.29, 1.82) is 0 Å². The van der Waals surface area contributed by atoms with E-state index in [4.69, 9.17) is 0 Å². The minimum Gasteiger partial charge on any atom is -0.316 e. The average Bonchev–Trinajstić information content (AvgIpc) is 3.00. The van der Waals surface area contributed by atoms with Crippen molar-refractivity contribution in [1.82, 2.24) is 20.4 Å². The largest absolute Gasteiger partial charge is 0.316 e. The molecule has 0 bridgehead atoms. The minimum atomic E-state index is 0.575. The molecule has 2 aliphatic rings. The number of rotatable bonds is 2. The quantitative estimate of drug-likeness (QED) is 0.808. The zero-order valence-corrected chi connectivity index (χ0v) is 10.8. The van der Waals surface area contributed by atoms with E-state index in [2.05, 4.69) is 34.3 Å². The van der Waals surface area contributed by atoms with Gasteiger partial charge in [0.1, 0.15) is 0 Å². The van der Waals surface area contributed by atoms with E-state index in [9.17, 15) is 0 Å². The van der Waals surface area contributed by atoms with Gasteiger partial charge in [0.15, 0.2) is 0 Å². The monoisotopic (exact) mass is 234 g/mol. The Hall–Kier alpha value is -0.870. The summed E-state index contributed by atoms with van der Waals surface area (Å²) in [5, 5.41) is 10.9. The van der Waals surface area contributed by atoms with Gasteiger partial charge in [-0.25, -0.2) is 0 Å². The van der Waals surface area contributed by atoms with Gasteiger partial charge in [0.2, 0.25) is 0 Å². The fourth-order valence-electron chi connectivity index (χ4n) is 3.34. The molecule has 1 aromatic rings. The molecule has 0 amide bonds. The maximum absolute atomic E-state index is 4.28. The van der Waals surface area contributed by atoms with Gasteiger partial charge in [0.25, 0.3) is 0 Å². The van der Waals surface area contributed by atoms with Crippen LogP contribution in [0.25, 0.3) is 0 Å². The van der Waals surface area contributed by atoms with E-state index >= 15 is 0 Å². The summed E-state index contributed by atoms with van der Waals surface area (Å²) < 4.78 is 0. The molecule has 2 saturated heterocycles. The lowest BCUT2D eigenvalue weighted by atomic mass is 9.86. The summed E-state index contributed by atoms with van der Waals surface area (Å²) in [5.74, 6) is 0. The summed E-state index contributed by atoms with van der Waals surface area (Å²) in [6, 6.07) is 0. The van der Waals surface area contributed by atoms with Crippen LogP contribution >= 0.6 is 0 Å². The Morgan fingerprint density at radius 2 is 2.24 bits per heavy atom. The van der Waals surface area contributed by atoms with Gasteiger partial charge >= 0.3 is 0 Å². The third kappa shape index (κ3) is 2.00. The van der Waals surface area contributed by atoms with Gasteiger partial charge in [-0.15, -0.1) is 0 Å². The zero-order chi connectivity index (χ0) is 11.9. The molecule has 0 saturated carbocycles. The second kappa shape index (κ2) is 4.10. The second-order valence-corrected chi connectivity index (χ2v) is 5.80.